The number of thioether (sulfide) groups is 1. The highest BCUT2D eigenvalue weighted by Crippen LogP contribution is 2.32. The van der Waals surface area contributed by atoms with Crippen LogP contribution < -0.4 is 10.6 Å². The van der Waals surface area contributed by atoms with E-state index in [2.05, 4.69) is 15.6 Å². The number of amides is 2. The number of hydrogen-bond donors (Lipinski definition) is 2. The number of carbonyl (C=O) groups is 2. The topological polar surface area (TPSA) is 70.6 Å². The first-order chi connectivity index (χ1) is 11.3. The van der Waals surface area contributed by atoms with Crippen LogP contribution in [0.25, 0.3) is 0 Å². The van der Waals surface area contributed by atoms with Gasteiger partial charge in [-0.3, -0.25) is 14.6 Å². The molecule has 2 amide bonds. The minimum absolute atomic E-state index is 0.00771. The molecule has 0 spiro atoms. The second-order valence-electron chi connectivity index (χ2n) is 5.63. The lowest BCUT2D eigenvalue weighted by molar-refractivity contribution is -0.122. The molecule has 1 aromatic carbocycles. The minimum Gasteiger partial charge on any atom is -0.325 e. The molecule has 130 valence electrons. The van der Waals surface area contributed by atoms with Gasteiger partial charge in [-0.2, -0.15) is 0 Å². The van der Waals surface area contributed by atoms with Gasteiger partial charge in [0.1, 0.15) is 5.25 Å². The molecule has 0 bridgehead atoms. The van der Waals surface area contributed by atoms with E-state index in [9.17, 15) is 9.59 Å². The molecule has 0 aromatic heterocycles. The highest BCUT2D eigenvalue weighted by molar-refractivity contribution is 8.15. The van der Waals surface area contributed by atoms with Gasteiger partial charge in [-0.1, -0.05) is 60.4 Å². The van der Waals surface area contributed by atoms with E-state index in [1.165, 1.54) is 23.9 Å². The van der Waals surface area contributed by atoms with Gasteiger partial charge in [0.2, 0.25) is 11.8 Å². The zero-order valence-electron chi connectivity index (χ0n) is 13.0. The first kappa shape index (κ1) is 19.4. The van der Waals surface area contributed by atoms with Gasteiger partial charge in [0.25, 0.3) is 0 Å². The maximum atomic E-state index is 12.2. The number of carbonyl (C=O) groups excluding carboxylic acids is 2. The Balaban J connectivity index is 1.97. The number of rotatable bonds is 5. The zero-order chi connectivity index (χ0) is 17.9. The van der Waals surface area contributed by atoms with Crippen LogP contribution >= 0.6 is 46.6 Å². The van der Waals surface area contributed by atoms with Crippen molar-refractivity contribution in [3.05, 3.63) is 27.2 Å². The van der Waals surface area contributed by atoms with Crippen LogP contribution in [0.5, 0.6) is 0 Å². The van der Waals surface area contributed by atoms with Crippen molar-refractivity contribution in [3.8, 4) is 0 Å². The van der Waals surface area contributed by atoms with Crippen molar-refractivity contribution >= 4 is 69.2 Å². The normalized spacial score (nSPS) is 19.0. The van der Waals surface area contributed by atoms with Gasteiger partial charge in [-0.05, 0) is 18.1 Å². The van der Waals surface area contributed by atoms with E-state index in [1.54, 1.807) is 0 Å². The fourth-order valence-electron chi connectivity index (χ4n) is 1.87. The Hall–Kier alpha value is -0.950. The first-order valence-electron chi connectivity index (χ1n) is 7.22. The number of nitrogens with one attached hydrogen (secondary N) is 2. The summed E-state index contributed by atoms with van der Waals surface area (Å²) in [4.78, 5) is 28.4. The molecule has 9 heteroatoms. The van der Waals surface area contributed by atoms with Crippen molar-refractivity contribution in [1.29, 1.82) is 0 Å². The standard InChI is InChI=1S/C15H16Cl3N3O2S/c1-7(2)6-19-15-21-14(23)12(24-15)5-13(22)20-11-4-9(17)8(16)3-10(11)18/h3-4,7,12H,5-6H2,1-2H3,(H,20,22)(H,19,21,23)/t12-/m0/s1. The number of amidine groups is 1. The molecule has 1 heterocycles. The van der Waals surface area contributed by atoms with Crippen molar-refractivity contribution in [2.24, 2.45) is 10.9 Å². The number of aliphatic imine (C=N–C) groups is 1. The van der Waals surface area contributed by atoms with Gasteiger partial charge in [-0.15, -0.1) is 0 Å². The molecule has 5 nitrogen and oxygen atoms in total. The average molecular weight is 409 g/mol. The Morgan fingerprint density at radius 3 is 2.62 bits per heavy atom. The SMILES string of the molecule is CC(C)CN=C1NC(=O)[C@H](CC(=O)Nc2cc(Cl)c(Cl)cc2Cl)S1. The maximum absolute atomic E-state index is 12.2. The number of halogens is 3. The van der Waals surface area contributed by atoms with E-state index in [0.29, 0.717) is 28.3 Å². The molecule has 0 aliphatic carbocycles. The summed E-state index contributed by atoms with van der Waals surface area (Å²) in [6.07, 6.45) is 0.00771. The molecule has 2 N–H and O–H groups in total. The van der Waals surface area contributed by atoms with Gasteiger partial charge in [-0.25, -0.2) is 0 Å². The van der Waals surface area contributed by atoms with Crippen molar-refractivity contribution in [2.45, 2.75) is 25.5 Å². The molecule has 24 heavy (non-hydrogen) atoms. The van der Waals surface area contributed by atoms with Crippen molar-refractivity contribution in [3.63, 3.8) is 0 Å². The third-order valence-electron chi connectivity index (χ3n) is 3.03. The van der Waals surface area contributed by atoms with Gasteiger partial charge in [0, 0.05) is 13.0 Å². The first-order valence-corrected chi connectivity index (χ1v) is 9.24. The Bertz CT molecular complexity index is 695. The number of hydrogen-bond acceptors (Lipinski definition) is 4. The summed E-state index contributed by atoms with van der Waals surface area (Å²) in [7, 11) is 0. The average Bonchev–Trinajstić information content (AvgIpc) is 2.83. The van der Waals surface area contributed by atoms with Gasteiger partial charge < -0.3 is 10.6 Å². The summed E-state index contributed by atoms with van der Waals surface area (Å²) >= 11 is 19.0. The van der Waals surface area contributed by atoms with Crippen molar-refractivity contribution < 1.29 is 9.59 Å². The summed E-state index contributed by atoms with van der Waals surface area (Å²) in [6.45, 7) is 4.70. The van der Waals surface area contributed by atoms with Crippen LogP contribution in [0.1, 0.15) is 20.3 Å². The molecular formula is C15H16Cl3N3O2S. The third-order valence-corrected chi connectivity index (χ3v) is 5.19. The molecule has 0 unspecified atom stereocenters. The predicted molar refractivity (Wildman–Crippen MR) is 101 cm³/mol. The van der Waals surface area contributed by atoms with E-state index in [0.717, 1.165) is 0 Å². The lowest BCUT2D eigenvalue weighted by Gasteiger charge is -2.10. The largest absolute Gasteiger partial charge is 0.325 e. The Labute approximate surface area is 159 Å². The van der Waals surface area contributed by atoms with E-state index in [-0.39, 0.29) is 28.3 Å². The summed E-state index contributed by atoms with van der Waals surface area (Å²) in [5.74, 6) is -0.167. The zero-order valence-corrected chi connectivity index (χ0v) is 16.1. The quantitative estimate of drug-likeness (QED) is 0.717. The molecule has 1 saturated heterocycles. The van der Waals surface area contributed by atoms with Crippen LogP contribution in [0.4, 0.5) is 5.69 Å². The number of benzene rings is 1. The van der Waals surface area contributed by atoms with Gasteiger partial charge in [0.05, 0.1) is 20.8 Å². The van der Waals surface area contributed by atoms with Crippen molar-refractivity contribution in [2.75, 3.05) is 11.9 Å². The molecule has 1 aromatic rings. The lowest BCUT2D eigenvalue weighted by atomic mass is 10.2. The van der Waals surface area contributed by atoms with E-state index < -0.39 is 5.25 Å². The van der Waals surface area contributed by atoms with Crippen LogP contribution in [0, 0.1) is 5.92 Å². The van der Waals surface area contributed by atoms with E-state index in [4.69, 9.17) is 34.8 Å². The monoisotopic (exact) mass is 407 g/mol. The molecule has 1 fully saturated rings. The summed E-state index contributed by atoms with van der Waals surface area (Å²) in [5, 5.41) is 6.23. The van der Waals surface area contributed by atoms with Crippen LogP contribution in [0.15, 0.2) is 17.1 Å². The van der Waals surface area contributed by atoms with E-state index >= 15 is 0 Å². The van der Waals surface area contributed by atoms with Crippen molar-refractivity contribution in [1.82, 2.24) is 5.32 Å². The van der Waals surface area contributed by atoms with Crippen LogP contribution in [0.3, 0.4) is 0 Å². The van der Waals surface area contributed by atoms with Gasteiger partial charge >= 0.3 is 0 Å². The van der Waals surface area contributed by atoms with Crippen LogP contribution in [-0.4, -0.2) is 28.8 Å². The summed E-state index contributed by atoms with van der Waals surface area (Å²) in [6, 6.07) is 2.93. The summed E-state index contributed by atoms with van der Waals surface area (Å²) in [5.41, 5.74) is 0.355. The van der Waals surface area contributed by atoms with E-state index in [1.807, 2.05) is 13.8 Å². The second kappa shape index (κ2) is 8.43. The maximum Gasteiger partial charge on any atom is 0.240 e. The molecule has 1 atom stereocenters. The molecule has 1 aliphatic rings. The molecule has 2 rings (SSSR count). The van der Waals surface area contributed by atoms with Gasteiger partial charge in [0.15, 0.2) is 5.17 Å². The number of anilines is 1. The second-order valence-corrected chi connectivity index (χ2v) is 8.05. The molecule has 0 radical (unpaired) electrons. The Kier molecular flexibility index (Phi) is 6.80. The third kappa shape index (κ3) is 5.28. The molecule has 0 saturated carbocycles. The fraction of sp³-hybridized carbons (Fsp3) is 0.400. The molecular weight excluding hydrogens is 393 g/mol. The van der Waals surface area contributed by atoms with Crippen LogP contribution in [0.2, 0.25) is 15.1 Å². The minimum atomic E-state index is -0.516. The fourth-order valence-corrected chi connectivity index (χ4v) is 3.44. The molecule has 1 aliphatic heterocycles. The highest BCUT2D eigenvalue weighted by atomic mass is 35.5. The Morgan fingerprint density at radius 2 is 1.96 bits per heavy atom. The summed E-state index contributed by atoms with van der Waals surface area (Å²) < 4.78 is 0. The predicted octanol–water partition coefficient (Wildman–Crippen LogP) is 4.22. The lowest BCUT2D eigenvalue weighted by Crippen LogP contribution is -2.28. The highest BCUT2D eigenvalue weighted by Gasteiger charge is 2.32. The van der Waals surface area contributed by atoms with Crippen LogP contribution in [-0.2, 0) is 9.59 Å². The smallest absolute Gasteiger partial charge is 0.240 e. The Morgan fingerprint density at radius 1 is 1.29 bits per heavy atom. The number of nitrogens with zero attached hydrogens (tertiary/aromatic N) is 1.